The van der Waals surface area contributed by atoms with E-state index in [9.17, 15) is 0 Å². The maximum absolute atomic E-state index is 5.42. The van der Waals surface area contributed by atoms with Crippen LogP contribution in [0.3, 0.4) is 0 Å². The van der Waals surface area contributed by atoms with Crippen molar-refractivity contribution in [1.29, 1.82) is 0 Å². The Balaban J connectivity index is 2.12. The highest BCUT2D eigenvalue weighted by atomic mass is 16.5. The SMILES string of the molecule is CNCC(C)(C)Cc1cc(-c2ccccc2)no1. The maximum atomic E-state index is 5.42. The first-order chi connectivity index (χ1) is 8.61. The molecule has 0 unspecified atom stereocenters. The minimum atomic E-state index is 0.169. The normalized spacial score (nSPS) is 11.7. The van der Waals surface area contributed by atoms with E-state index in [2.05, 4.69) is 24.3 Å². The van der Waals surface area contributed by atoms with E-state index in [-0.39, 0.29) is 5.41 Å². The van der Waals surface area contributed by atoms with Crippen molar-refractivity contribution in [2.24, 2.45) is 5.41 Å². The highest BCUT2D eigenvalue weighted by Crippen LogP contribution is 2.24. The number of nitrogens with zero attached hydrogens (tertiary/aromatic N) is 1. The van der Waals surface area contributed by atoms with E-state index in [0.717, 1.165) is 30.0 Å². The Labute approximate surface area is 108 Å². The lowest BCUT2D eigenvalue weighted by atomic mass is 9.88. The predicted molar refractivity (Wildman–Crippen MR) is 73.4 cm³/mol. The van der Waals surface area contributed by atoms with Gasteiger partial charge in [0.25, 0.3) is 0 Å². The summed E-state index contributed by atoms with van der Waals surface area (Å²) in [4.78, 5) is 0. The lowest BCUT2D eigenvalue weighted by Crippen LogP contribution is -2.28. The summed E-state index contributed by atoms with van der Waals surface area (Å²) in [6.07, 6.45) is 0.883. The summed E-state index contributed by atoms with van der Waals surface area (Å²) in [5, 5.41) is 7.34. The lowest BCUT2D eigenvalue weighted by molar-refractivity contribution is 0.294. The molecule has 0 radical (unpaired) electrons. The molecule has 0 aliphatic rings. The molecule has 0 bridgehead atoms. The third-order valence-electron chi connectivity index (χ3n) is 2.94. The van der Waals surface area contributed by atoms with Crippen LogP contribution in [0.15, 0.2) is 40.9 Å². The van der Waals surface area contributed by atoms with Crippen LogP contribution < -0.4 is 5.32 Å². The van der Waals surface area contributed by atoms with E-state index in [1.165, 1.54) is 0 Å². The predicted octanol–water partition coefficient (Wildman–Crippen LogP) is 3.13. The van der Waals surface area contributed by atoms with Crippen LogP contribution in [0.5, 0.6) is 0 Å². The smallest absolute Gasteiger partial charge is 0.137 e. The molecule has 0 saturated carbocycles. The van der Waals surface area contributed by atoms with Crippen LogP contribution in [-0.4, -0.2) is 18.7 Å². The minimum Gasteiger partial charge on any atom is -0.361 e. The van der Waals surface area contributed by atoms with Crippen LogP contribution in [-0.2, 0) is 6.42 Å². The molecule has 1 N–H and O–H groups in total. The molecule has 0 fully saturated rings. The van der Waals surface area contributed by atoms with E-state index < -0.39 is 0 Å². The van der Waals surface area contributed by atoms with Gasteiger partial charge in [0.05, 0.1) is 0 Å². The second-order valence-corrected chi connectivity index (χ2v) is 5.42. The number of nitrogens with one attached hydrogen (secondary N) is 1. The summed E-state index contributed by atoms with van der Waals surface area (Å²) in [6, 6.07) is 12.1. The van der Waals surface area contributed by atoms with Crippen LogP contribution in [0.4, 0.5) is 0 Å². The van der Waals surface area contributed by atoms with Gasteiger partial charge in [-0.05, 0) is 12.5 Å². The molecule has 2 rings (SSSR count). The Morgan fingerprint density at radius 2 is 1.94 bits per heavy atom. The third-order valence-corrected chi connectivity index (χ3v) is 2.94. The Hall–Kier alpha value is -1.61. The highest BCUT2D eigenvalue weighted by Gasteiger charge is 2.20. The summed E-state index contributed by atoms with van der Waals surface area (Å²) < 4.78 is 5.42. The fourth-order valence-electron chi connectivity index (χ4n) is 2.15. The van der Waals surface area contributed by atoms with Crippen LogP contribution >= 0.6 is 0 Å². The summed E-state index contributed by atoms with van der Waals surface area (Å²) >= 11 is 0. The monoisotopic (exact) mass is 244 g/mol. The fraction of sp³-hybridized carbons (Fsp3) is 0.400. The number of rotatable bonds is 5. The van der Waals surface area contributed by atoms with E-state index >= 15 is 0 Å². The first-order valence-electron chi connectivity index (χ1n) is 6.26. The number of benzene rings is 1. The number of aromatic nitrogens is 1. The van der Waals surface area contributed by atoms with Crippen molar-refractivity contribution in [3.63, 3.8) is 0 Å². The molecule has 1 aromatic carbocycles. The lowest BCUT2D eigenvalue weighted by Gasteiger charge is -2.22. The molecule has 3 heteroatoms. The Morgan fingerprint density at radius 3 is 2.61 bits per heavy atom. The van der Waals surface area contributed by atoms with Gasteiger partial charge < -0.3 is 9.84 Å². The van der Waals surface area contributed by atoms with Gasteiger partial charge in [-0.1, -0.05) is 49.3 Å². The van der Waals surface area contributed by atoms with Crippen LogP contribution in [0.25, 0.3) is 11.3 Å². The molecule has 3 nitrogen and oxygen atoms in total. The Morgan fingerprint density at radius 1 is 1.22 bits per heavy atom. The Kier molecular flexibility index (Phi) is 3.82. The van der Waals surface area contributed by atoms with E-state index in [1.54, 1.807) is 0 Å². The third kappa shape index (κ3) is 3.20. The zero-order chi connectivity index (χ0) is 13.0. The van der Waals surface area contributed by atoms with E-state index in [4.69, 9.17) is 4.52 Å². The summed E-state index contributed by atoms with van der Waals surface area (Å²) in [5.74, 6) is 0.939. The fourth-order valence-corrected chi connectivity index (χ4v) is 2.15. The molecule has 0 aliphatic carbocycles. The molecule has 0 saturated heterocycles. The first kappa shape index (κ1) is 12.8. The molecule has 2 aromatic rings. The van der Waals surface area contributed by atoms with Crippen molar-refractivity contribution in [2.75, 3.05) is 13.6 Å². The van der Waals surface area contributed by atoms with Crippen LogP contribution in [0, 0.1) is 5.41 Å². The van der Waals surface area contributed by atoms with Gasteiger partial charge in [0.15, 0.2) is 0 Å². The van der Waals surface area contributed by atoms with Crippen molar-refractivity contribution in [3.8, 4) is 11.3 Å². The molecule has 0 aliphatic heterocycles. The minimum absolute atomic E-state index is 0.169. The first-order valence-corrected chi connectivity index (χ1v) is 6.26. The van der Waals surface area contributed by atoms with Crippen molar-refractivity contribution in [2.45, 2.75) is 20.3 Å². The van der Waals surface area contributed by atoms with Crippen molar-refractivity contribution in [1.82, 2.24) is 10.5 Å². The molecule has 0 spiro atoms. The maximum Gasteiger partial charge on any atom is 0.137 e. The quantitative estimate of drug-likeness (QED) is 0.878. The summed E-state index contributed by atoms with van der Waals surface area (Å²) in [5.41, 5.74) is 2.17. The molecule has 96 valence electrons. The zero-order valence-corrected chi connectivity index (χ0v) is 11.2. The van der Waals surface area contributed by atoms with Crippen molar-refractivity contribution >= 4 is 0 Å². The molecule has 1 aromatic heterocycles. The van der Waals surface area contributed by atoms with Gasteiger partial charge in [-0.25, -0.2) is 0 Å². The molecular formula is C15H20N2O. The molecule has 1 heterocycles. The standard InChI is InChI=1S/C15H20N2O/c1-15(2,11-16-3)10-13-9-14(17-18-13)12-7-5-4-6-8-12/h4-9,16H,10-11H2,1-3H3. The average Bonchev–Trinajstić information content (AvgIpc) is 2.77. The molecule has 18 heavy (non-hydrogen) atoms. The van der Waals surface area contributed by atoms with E-state index in [0.29, 0.717) is 0 Å². The second-order valence-electron chi connectivity index (χ2n) is 5.42. The molecule has 0 atom stereocenters. The van der Waals surface area contributed by atoms with Gasteiger partial charge in [0.2, 0.25) is 0 Å². The number of hydrogen-bond acceptors (Lipinski definition) is 3. The van der Waals surface area contributed by atoms with Gasteiger partial charge in [0, 0.05) is 24.6 Å². The average molecular weight is 244 g/mol. The van der Waals surface area contributed by atoms with Crippen LogP contribution in [0.2, 0.25) is 0 Å². The molecule has 0 amide bonds. The summed E-state index contributed by atoms with van der Waals surface area (Å²) in [6.45, 7) is 5.39. The van der Waals surface area contributed by atoms with Gasteiger partial charge in [-0.3, -0.25) is 0 Å². The zero-order valence-electron chi connectivity index (χ0n) is 11.2. The van der Waals surface area contributed by atoms with Gasteiger partial charge in [-0.15, -0.1) is 0 Å². The van der Waals surface area contributed by atoms with Crippen molar-refractivity contribution < 1.29 is 4.52 Å². The van der Waals surface area contributed by atoms with Gasteiger partial charge in [0.1, 0.15) is 11.5 Å². The van der Waals surface area contributed by atoms with Gasteiger partial charge >= 0.3 is 0 Å². The largest absolute Gasteiger partial charge is 0.361 e. The summed E-state index contributed by atoms with van der Waals surface area (Å²) in [7, 11) is 1.97. The highest BCUT2D eigenvalue weighted by molar-refractivity contribution is 5.58. The van der Waals surface area contributed by atoms with Crippen LogP contribution in [0.1, 0.15) is 19.6 Å². The van der Waals surface area contributed by atoms with Gasteiger partial charge in [-0.2, -0.15) is 0 Å². The molecular weight excluding hydrogens is 224 g/mol. The second kappa shape index (κ2) is 5.36. The van der Waals surface area contributed by atoms with Crippen molar-refractivity contribution in [3.05, 3.63) is 42.2 Å². The topological polar surface area (TPSA) is 38.1 Å². The Bertz CT molecular complexity index is 488. The number of hydrogen-bond donors (Lipinski definition) is 1. The van der Waals surface area contributed by atoms with E-state index in [1.807, 2.05) is 43.4 Å².